The number of nitrogens with zero attached hydrogens (tertiary/aromatic N) is 2. The Morgan fingerprint density at radius 1 is 1.04 bits per heavy atom. The van der Waals surface area contributed by atoms with Gasteiger partial charge < -0.3 is 11.1 Å². The third kappa shape index (κ3) is 6.10. The predicted octanol–water partition coefficient (Wildman–Crippen LogP) is 4.20. The van der Waals surface area contributed by atoms with Crippen molar-refractivity contribution in [1.82, 2.24) is 9.97 Å². The standard InChI is InChI=1S/C19H26N4/c1-2-17-15-22-18(20)19(23-17)21-14-10-6-9-13-16-11-7-4-3-5-8-12-16/h3-5,7-8,11-12,15H,2,6,9-10,13-14H2,1H3,(H2,20,22)(H,21,23)/b4-3-,5-3?,7-4?,8-5-,11-7?,12-8?,16-11?,16-12?. The lowest BCUT2D eigenvalue weighted by atomic mass is 10.1. The highest BCUT2D eigenvalue weighted by atomic mass is 15.1. The number of aromatic nitrogens is 2. The summed E-state index contributed by atoms with van der Waals surface area (Å²) in [5.74, 6) is 1.19. The van der Waals surface area contributed by atoms with Gasteiger partial charge >= 0.3 is 0 Å². The van der Waals surface area contributed by atoms with Crippen molar-refractivity contribution in [2.75, 3.05) is 17.6 Å². The molecule has 0 unspecified atom stereocenters. The molecule has 0 aliphatic heterocycles. The van der Waals surface area contributed by atoms with Gasteiger partial charge in [0, 0.05) is 6.54 Å². The van der Waals surface area contributed by atoms with E-state index >= 15 is 0 Å². The van der Waals surface area contributed by atoms with Crippen LogP contribution in [0.4, 0.5) is 11.6 Å². The average Bonchev–Trinajstić information content (AvgIpc) is 2.53. The maximum atomic E-state index is 5.85. The summed E-state index contributed by atoms with van der Waals surface area (Å²) in [6.45, 7) is 2.94. The van der Waals surface area contributed by atoms with Gasteiger partial charge in [0.15, 0.2) is 11.6 Å². The first-order chi connectivity index (χ1) is 11.3. The van der Waals surface area contributed by atoms with Crippen LogP contribution in [0, 0.1) is 0 Å². The van der Waals surface area contributed by atoms with Crippen LogP contribution < -0.4 is 11.1 Å². The van der Waals surface area contributed by atoms with E-state index in [0.29, 0.717) is 11.6 Å². The first kappa shape index (κ1) is 17.0. The number of nitrogens with two attached hydrogens (primary N) is 1. The van der Waals surface area contributed by atoms with Gasteiger partial charge in [-0.25, -0.2) is 9.97 Å². The fourth-order valence-electron chi connectivity index (χ4n) is 2.35. The van der Waals surface area contributed by atoms with E-state index in [4.69, 9.17) is 5.73 Å². The van der Waals surface area contributed by atoms with Gasteiger partial charge in [-0.1, -0.05) is 55.9 Å². The molecule has 0 radical (unpaired) electrons. The van der Waals surface area contributed by atoms with E-state index in [1.165, 1.54) is 18.4 Å². The lowest BCUT2D eigenvalue weighted by Crippen LogP contribution is -2.08. The van der Waals surface area contributed by atoms with E-state index in [0.717, 1.165) is 31.5 Å². The zero-order valence-electron chi connectivity index (χ0n) is 13.8. The quantitative estimate of drug-likeness (QED) is 0.706. The van der Waals surface area contributed by atoms with Crippen molar-refractivity contribution in [3.8, 4) is 0 Å². The first-order valence-corrected chi connectivity index (χ1v) is 8.35. The Morgan fingerprint density at radius 3 is 2.74 bits per heavy atom. The Bertz CT molecular complexity index is 612. The number of allylic oxidation sites excluding steroid dienone is 8. The smallest absolute Gasteiger partial charge is 0.169 e. The highest BCUT2D eigenvalue weighted by Gasteiger charge is 2.03. The molecule has 2 rings (SSSR count). The van der Waals surface area contributed by atoms with Crippen LogP contribution in [0.5, 0.6) is 0 Å². The molecule has 1 aromatic heterocycles. The van der Waals surface area contributed by atoms with Gasteiger partial charge in [0.2, 0.25) is 0 Å². The van der Waals surface area contributed by atoms with Gasteiger partial charge in [-0.2, -0.15) is 0 Å². The van der Waals surface area contributed by atoms with Crippen LogP contribution in [0.2, 0.25) is 0 Å². The number of hydrogen-bond acceptors (Lipinski definition) is 4. The van der Waals surface area contributed by atoms with Crippen LogP contribution in [0.1, 0.15) is 38.3 Å². The van der Waals surface area contributed by atoms with Crippen molar-refractivity contribution < 1.29 is 0 Å². The summed E-state index contributed by atoms with van der Waals surface area (Å²) < 4.78 is 0. The minimum absolute atomic E-state index is 0.479. The number of aryl methyl sites for hydroxylation is 1. The van der Waals surface area contributed by atoms with Gasteiger partial charge in [0.25, 0.3) is 0 Å². The number of nitrogen functional groups attached to an aromatic ring is 1. The van der Waals surface area contributed by atoms with E-state index in [-0.39, 0.29) is 0 Å². The molecule has 0 amide bonds. The van der Waals surface area contributed by atoms with E-state index in [2.05, 4.69) is 58.7 Å². The highest BCUT2D eigenvalue weighted by Crippen LogP contribution is 2.14. The van der Waals surface area contributed by atoms with E-state index < -0.39 is 0 Å². The highest BCUT2D eigenvalue weighted by molar-refractivity contribution is 5.55. The third-order valence-corrected chi connectivity index (χ3v) is 3.71. The summed E-state index contributed by atoms with van der Waals surface area (Å²) in [4.78, 5) is 8.64. The lowest BCUT2D eigenvalue weighted by Gasteiger charge is -2.09. The number of hydrogen-bond donors (Lipinski definition) is 2. The zero-order valence-corrected chi connectivity index (χ0v) is 13.8. The van der Waals surface area contributed by atoms with Gasteiger partial charge in [-0.15, -0.1) is 0 Å². The van der Waals surface area contributed by atoms with Crippen LogP contribution in [0.25, 0.3) is 0 Å². The molecule has 1 aromatic rings. The van der Waals surface area contributed by atoms with Crippen molar-refractivity contribution >= 4 is 11.6 Å². The minimum atomic E-state index is 0.479. The first-order valence-electron chi connectivity index (χ1n) is 8.35. The van der Waals surface area contributed by atoms with Crippen LogP contribution >= 0.6 is 0 Å². The number of unbranched alkanes of at least 4 members (excludes halogenated alkanes) is 2. The molecule has 1 aliphatic carbocycles. The third-order valence-electron chi connectivity index (χ3n) is 3.71. The van der Waals surface area contributed by atoms with Crippen LogP contribution in [-0.4, -0.2) is 16.5 Å². The lowest BCUT2D eigenvalue weighted by molar-refractivity contribution is 0.698. The predicted molar refractivity (Wildman–Crippen MR) is 98.3 cm³/mol. The molecule has 0 spiro atoms. The summed E-state index contributed by atoms with van der Waals surface area (Å²) in [5, 5.41) is 3.30. The molecule has 23 heavy (non-hydrogen) atoms. The van der Waals surface area contributed by atoms with Gasteiger partial charge in [0.1, 0.15) is 0 Å². The van der Waals surface area contributed by atoms with E-state index in [9.17, 15) is 0 Å². The monoisotopic (exact) mass is 310 g/mol. The Balaban J connectivity index is 1.66. The Morgan fingerprint density at radius 2 is 1.87 bits per heavy atom. The molecule has 4 heteroatoms. The summed E-state index contributed by atoms with van der Waals surface area (Å²) in [6.07, 6.45) is 21.9. The van der Waals surface area contributed by atoms with E-state index in [1.807, 2.05) is 6.08 Å². The molecule has 0 saturated heterocycles. The maximum Gasteiger partial charge on any atom is 0.169 e. The largest absolute Gasteiger partial charge is 0.381 e. The summed E-state index contributed by atoms with van der Waals surface area (Å²) in [6, 6.07) is 0. The van der Waals surface area contributed by atoms with Crippen LogP contribution in [0.15, 0.2) is 54.3 Å². The van der Waals surface area contributed by atoms with Gasteiger partial charge in [-0.05, 0) is 31.3 Å². The number of anilines is 2. The summed E-state index contributed by atoms with van der Waals surface area (Å²) in [7, 11) is 0. The van der Waals surface area contributed by atoms with E-state index in [1.54, 1.807) is 6.20 Å². The summed E-state index contributed by atoms with van der Waals surface area (Å²) in [5.41, 5.74) is 8.19. The molecule has 0 aromatic carbocycles. The Kier molecular flexibility index (Phi) is 7.11. The molecule has 1 aliphatic rings. The molecule has 0 atom stereocenters. The Hall–Kier alpha value is -2.36. The van der Waals surface area contributed by atoms with Crippen molar-refractivity contribution in [1.29, 1.82) is 0 Å². The number of rotatable bonds is 8. The topological polar surface area (TPSA) is 63.8 Å². The normalized spacial score (nSPS) is 16.3. The number of nitrogens with one attached hydrogen (secondary N) is 1. The molecule has 1 heterocycles. The molecule has 3 N–H and O–H groups in total. The van der Waals surface area contributed by atoms with Crippen molar-refractivity contribution in [2.45, 2.75) is 39.0 Å². The fourth-order valence-corrected chi connectivity index (χ4v) is 2.35. The average molecular weight is 310 g/mol. The van der Waals surface area contributed by atoms with Gasteiger partial charge in [0.05, 0.1) is 11.9 Å². The van der Waals surface area contributed by atoms with Crippen LogP contribution in [-0.2, 0) is 6.42 Å². The zero-order chi connectivity index (χ0) is 16.3. The molecule has 122 valence electrons. The molecular formula is C19H26N4. The van der Waals surface area contributed by atoms with Crippen molar-refractivity contribution in [3.63, 3.8) is 0 Å². The Labute approximate surface area is 138 Å². The maximum absolute atomic E-state index is 5.85. The molecule has 0 saturated carbocycles. The molecular weight excluding hydrogens is 284 g/mol. The second-order valence-corrected chi connectivity index (χ2v) is 5.56. The molecule has 4 nitrogen and oxygen atoms in total. The summed E-state index contributed by atoms with van der Waals surface area (Å²) >= 11 is 0. The van der Waals surface area contributed by atoms with Gasteiger partial charge in [-0.3, -0.25) is 0 Å². The second kappa shape index (κ2) is 9.62. The molecule has 0 bridgehead atoms. The molecule has 0 fully saturated rings. The minimum Gasteiger partial charge on any atom is -0.381 e. The SMILES string of the molecule is CCc1cnc(N)c(NCCCCCC2=C/C=C\C=C/C=C2)n1. The van der Waals surface area contributed by atoms with Crippen LogP contribution in [0.3, 0.4) is 0 Å². The second-order valence-electron chi connectivity index (χ2n) is 5.56. The fraction of sp³-hybridized carbons (Fsp3) is 0.368. The van der Waals surface area contributed by atoms with Crippen molar-refractivity contribution in [2.24, 2.45) is 0 Å². The van der Waals surface area contributed by atoms with Crippen molar-refractivity contribution in [3.05, 3.63) is 60.0 Å².